The molecule has 1 rings (SSSR count). The van der Waals surface area contributed by atoms with E-state index in [0.29, 0.717) is 6.04 Å². The Morgan fingerprint density at radius 1 is 1.60 bits per heavy atom. The highest BCUT2D eigenvalue weighted by atomic mass is 16.2. The predicted octanol–water partition coefficient (Wildman–Crippen LogP) is 1.18. The monoisotopic (exact) mass is 213 g/mol. The molecular weight excluding hydrogens is 190 g/mol. The molecule has 0 aliphatic carbocycles. The van der Waals surface area contributed by atoms with Gasteiger partial charge in [-0.1, -0.05) is 13.3 Å². The molecule has 88 valence electrons. The van der Waals surface area contributed by atoms with E-state index in [0.717, 1.165) is 32.5 Å². The number of carbonyl (C=O) groups excluding carboxylic acids is 1. The van der Waals surface area contributed by atoms with Crippen molar-refractivity contribution in [3.63, 3.8) is 0 Å². The molecule has 1 aliphatic heterocycles. The van der Waals surface area contributed by atoms with Gasteiger partial charge >= 0.3 is 6.03 Å². The number of hydrogen-bond acceptors (Lipinski definition) is 2. The lowest BCUT2D eigenvalue weighted by molar-refractivity contribution is 0.172. The normalized spacial score (nSPS) is 21.9. The summed E-state index contributed by atoms with van der Waals surface area (Å²) in [7, 11) is 0. The molecule has 0 spiro atoms. The Balaban J connectivity index is 2.38. The molecule has 0 aromatic rings. The summed E-state index contributed by atoms with van der Waals surface area (Å²) < 4.78 is 0. The summed E-state index contributed by atoms with van der Waals surface area (Å²) in [5.41, 5.74) is 0. The first-order chi connectivity index (χ1) is 7.13. The van der Waals surface area contributed by atoms with Gasteiger partial charge < -0.3 is 15.5 Å². The Morgan fingerprint density at radius 3 is 2.93 bits per heavy atom. The molecule has 1 saturated heterocycles. The Labute approximate surface area is 92.4 Å². The van der Waals surface area contributed by atoms with Crippen LogP contribution in [-0.4, -0.2) is 42.6 Å². The second-order valence-corrected chi connectivity index (χ2v) is 4.49. The lowest BCUT2D eigenvalue weighted by Gasteiger charge is -2.34. The van der Waals surface area contributed by atoms with Crippen molar-refractivity contribution in [3.05, 3.63) is 0 Å². The number of nitrogens with one attached hydrogen (secondary N) is 2. The van der Waals surface area contributed by atoms with Gasteiger partial charge in [0, 0.05) is 31.7 Å². The molecular formula is C11H23N3O. The van der Waals surface area contributed by atoms with Crippen molar-refractivity contribution in [2.45, 2.75) is 45.7 Å². The van der Waals surface area contributed by atoms with Gasteiger partial charge in [0.25, 0.3) is 0 Å². The van der Waals surface area contributed by atoms with Crippen LogP contribution in [0, 0.1) is 0 Å². The summed E-state index contributed by atoms with van der Waals surface area (Å²) in [6.07, 6.45) is 2.31. The van der Waals surface area contributed by atoms with E-state index in [1.165, 1.54) is 0 Å². The molecule has 0 radical (unpaired) electrons. The SMILES string of the molecule is CCCC1CN(C(=O)NC(C)C)CCN1. The fourth-order valence-corrected chi connectivity index (χ4v) is 1.89. The van der Waals surface area contributed by atoms with Crippen molar-refractivity contribution in [1.29, 1.82) is 0 Å². The third-order valence-corrected chi connectivity index (χ3v) is 2.59. The fraction of sp³-hybridized carbons (Fsp3) is 0.909. The van der Waals surface area contributed by atoms with Crippen molar-refractivity contribution in [2.24, 2.45) is 0 Å². The maximum absolute atomic E-state index is 11.7. The largest absolute Gasteiger partial charge is 0.336 e. The minimum atomic E-state index is 0.0765. The number of rotatable bonds is 3. The summed E-state index contributed by atoms with van der Waals surface area (Å²) in [5.74, 6) is 0. The second kappa shape index (κ2) is 5.95. The van der Waals surface area contributed by atoms with Gasteiger partial charge in [-0.2, -0.15) is 0 Å². The van der Waals surface area contributed by atoms with Gasteiger partial charge in [-0.05, 0) is 20.3 Å². The van der Waals surface area contributed by atoms with Gasteiger partial charge in [-0.3, -0.25) is 0 Å². The molecule has 1 unspecified atom stereocenters. The quantitative estimate of drug-likeness (QED) is 0.739. The van der Waals surface area contributed by atoms with Gasteiger partial charge in [-0.25, -0.2) is 4.79 Å². The van der Waals surface area contributed by atoms with E-state index in [1.807, 2.05) is 18.7 Å². The van der Waals surface area contributed by atoms with Crippen molar-refractivity contribution < 1.29 is 4.79 Å². The number of urea groups is 1. The predicted molar refractivity (Wildman–Crippen MR) is 61.9 cm³/mol. The Kier molecular flexibility index (Phi) is 4.88. The summed E-state index contributed by atoms with van der Waals surface area (Å²) >= 11 is 0. The van der Waals surface area contributed by atoms with Crippen LogP contribution in [0.1, 0.15) is 33.6 Å². The van der Waals surface area contributed by atoms with Crippen LogP contribution in [0.5, 0.6) is 0 Å². The van der Waals surface area contributed by atoms with E-state index >= 15 is 0 Å². The lowest BCUT2D eigenvalue weighted by Crippen LogP contribution is -2.55. The van der Waals surface area contributed by atoms with Crippen molar-refractivity contribution in [1.82, 2.24) is 15.5 Å². The van der Waals surface area contributed by atoms with Crippen LogP contribution >= 0.6 is 0 Å². The van der Waals surface area contributed by atoms with E-state index in [-0.39, 0.29) is 12.1 Å². The average molecular weight is 213 g/mol. The van der Waals surface area contributed by atoms with Gasteiger partial charge in [0.1, 0.15) is 0 Å². The maximum atomic E-state index is 11.7. The number of amides is 2. The Bertz CT molecular complexity index is 204. The van der Waals surface area contributed by atoms with E-state index in [4.69, 9.17) is 0 Å². The molecule has 15 heavy (non-hydrogen) atoms. The summed E-state index contributed by atoms with van der Waals surface area (Å²) in [5, 5.41) is 6.37. The molecule has 4 nitrogen and oxygen atoms in total. The molecule has 0 aromatic carbocycles. The van der Waals surface area contributed by atoms with Gasteiger partial charge in [0.2, 0.25) is 0 Å². The highest BCUT2D eigenvalue weighted by Gasteiger charge is 2.22. The first kappa shape index (κ1) is 12.3. The molecule has 0 saturated carbocycles. The lowest BCUT2D eigenvalue weighted by atomic mass is 10.1. The fourth-order valence-electron chi connectivity index (χ4n) is 1.89. The molecule has 1 aliphatic rings. The van der Waals surface area contributed by atoms with E-state index in [9.17, 15) is 4.79 Å². The topological polar surface area (TPSA) is 44.4 Å². The molecule has 1 atom stereocenters. The molecule has 0 bridgehead atoms. The van der Waals surface area contributed by atoms with Crippen LogP contribution in [0.25, 0.3) is 0 Å². The number of hydrogen-bond donors (Lipinski definition) is 2. The number of nitrogens with zero attached hydrogens (tertiary/aromatic N) is 1. The third-order valence-electron chi connectivity index (χ3n) is 2.59. The van der Waals surface area contributed by atoms with Crippen LogP contribution in [0.3, 0.4) is 0 Å². The number of piperazine rings is 1. The molecule has 1 heterocycles. The van der Waals surface area contributed by atoms with Gasteiger partial charge in [0.05, 0.1) is 0 Å². The van der Waals surface area contributed by atoms with Crippen molar-refractivity contribution in [2.75, 3.05) is 19.6 Å². The second-order valence-electron chi connectivity index (χ2n) is 4.49. The van der Waals surface area contributed by atoms with Crippen LogP contribution in [0.2, 0.25) is 0 Å². The van der Waals surface area contributed by atoms with Crippen LogP contribution in [0.15, 0.2) is 0 Å². The van der Waals surface area contributed by atoms with Crippen LogP contribution < -0.4 is 10.6 Å². The highest BCUT2D eigenvalue weighted by molar-refractivity contribution is 5.74. The van der Waals surface area contributed by atoms with E-state index in [1.54, 1.807) is 0 Å². The summed E-state index contributed by atoms with van der Waals surface area (Å²) in [6.45, 7) is 8.73. The summed E-state index contributed by atoms with van der Waals surface area (Å²) in [4.78, 5) is 13.7. The summed E-state index contributed by atoms with van der Waals surface area (Å²) in [6, 6.07) is 0.770. The smallest absolute Gasteiger partial charge is 0.317 e. The van der Waals surface area contributed by atoms with E-state index in [2.05, 4.69) is 17.6 Å². The zero-order valence-electron chi connectivity index (χ0n) is 10.0. The molecule has 2 N–H and O–H groups in total. The molecule has 4 heteroatoms. The zero-order chi connectivity index (χ0) is 11.3. The molecule has 1 fully saturated rings. The first-order valence-corrected chi connectivity index (χ1v) is 5.92. The first-order valence-electron chi connectivity index (χ1n) is 5.92. The van der Waals surface area contributed by atoms with Crippen molar-refractivity contribution >= 4 is 6.03 Å². The average Bonchev–Trinajstić information content (AvgIpc) is 2.17. The highest BCUT2D eigenvalue weighted by Crippen LogP contribution is 2.05. The maximum Gasteiger partial charge on any atom is 0.317 e. The number of carbonyl (C=O) groups is 1. The standard InChI is InChI=1S/C11H23N3O/c1-4-5-10-8-14(7-6-12-10)11(15)13-9(2)3/h9-10,12H,4-8H2,1-3H3,(H,13,15). The van der Waals surface area contributed by atoms with Gasteiger partial charge in [0.15, 0.2) is 0 Å². The van der Waals surface area contributed by atoms with Crippen LogP contribution in [0.4, 0.5) is 4.79 Å². The van der Waals surface area contributed by atoms with Gasteiger partial charge in [-0.15, -0.1) is 0 Å². The van der Waals surface area contributed by atoms with Crippen LogP contribution in [-0.2, 0) is 0 Å². The third kappa shape index (κ3) is 4.08. The van der Waals surface area contributed by atoms with E-state index < -0.39 is 0 Å². The minimum absolute atomic E-state index is 0.0765. The molecule has 2 amide bonds. The Morgan fingerprint density at radius 2 is 2.33 bits per heavy atom. The van der Waals surface area contributed by atoms with Crippen molar-refractivity contribution in [3.8, 4) is 0 Å². The zero-order valence-corrected chi connectivity index (χ0v) is 10.0. The Hall–Kier alpha value is -0.770. The minimum Gasteiger partial charge on any atom is -0.336 e. The molecule has 0 aromatic heterocycles.